The van der Waals surface area contributed by atoms with Gasteiger partial charge in [-0.1, -0.05) is 30.3 Å². The third-order valence-electron chi connectivity index (χ3n) is 4.32. The molecule has 2 aromatic carbocycles. The van der Waals surface area contributed by atoms with E-state index in [0.717, 1.165) is 10.9 Å². The van der Waals surface area contributed by atoms with Crippen molar-refractivity contribution in [1.29, 1.82) is 0 Å². The number of hydrogen-bond donors (Lipinski definition) is 1. The van der Waals surface area contributed by atoms with Crippen molar-refractivity contribution in [1.82, 2.24) is 14.8 Å². The number of fused-ring (bicyclic) bond motifs is 1. The molecule has 0 bridgehead atoms. The molecule has 0 fully saturated rings. The van der Waals surface area contributed by atoms with Crippen molar-refractivity contribution >= 4 is 22.6 Å². The molecule has 0 aliphatic heterocycles. The van der Waals surface area contributed by atoms with Crippen LogP contribution in [0.15, 0.2) is 67.0 Å². The first-order valence-electron chi connectivity index (χ1n) is 8.64. The summed E-state index contributed by atoms with van der Waals surface area (Å²) in [5, 5.41) is 7.78. The van der Waals surface area contributed by atoms with E-state index in [-0.39, 0.29) is 11.7 Å². The Morgan fingerprint density at radius 2 is 1.96 bits per heavy atom. The minimum atomic E-state index is -0.545. The van der Waals surface area contributed by atoms with Gasteiger partial charge in [0, 0.05) is 23.3 Å². The number of aromatic nitrogens is 3. The summed E-state index contributed by atoms with van der Waals surface area (Å²) in [6.45, 7) is 0.591. The van der Waals surface area contributed by atoms with Crippen molar-refractivity contribution in [3.8, 4) is 5.75 Å². The van der Waals surface area contributed by atoms with E-state index in [1.54, 1.807) is 23.0 Å². The SMILES string of the molecule is COc1ccc(NC(=O)c2cnc3c(cnn3Cc3ccccc3)c2)cc1F. The van der Waals surface area contributed by atoms with E-state index >= 15 is 0 Å². The fourth-order valence-electron chi connectivity index (χ4n) is 2.92. The second-order valence-electron chi connectivity index (χ2n) is 6.23. The number of nitrogens with one attached hydrogen (secondary N) is 1. The molecule has 2 heterocycles. The van der Waals surface area contributed by atoms with Gasteiger partial charge in [-0.2, -0.15) is 5.10 Å². The first-order chi connectivity index (χ1) is 13.6. The molecular weight excluding hydrogens is 359 g/mol. The van der Waals surface area contributed by atoms with Crippen LogP contribution in [0.3, 0.4) is 0 Å². The molecule has 0 saturated carbocycles. The Morgan fingerprint density at radius 3 is 2.71 bits per heavy atom. The highest BCUT2D eigenvalue weighted by Gasteiger charge is 2.12. The number of benzene rings is 2. The average Bonchev–Trinajstić information content (AvgIpc) is 3.11. The number of pyridine rings is 1. The number of anilines is 1. The van der Waals surface area contributed by atoms with Gasteiger partial charge < -0.3 is 10.1 Å². The molecule has 0 aliphatic rings. The Balaban J connectivity index is 1.54. The topological polar surface area (TPSA) is 69.0 Å². The smallest absolute Gasteiger partial charge is 0.257 e. The molecule has 6 nitrogen and oxygen atoms in total. The number of amides is 1. The third kappa shape index (κ3) is 3.55. The second-order valence-corrected chi connectivity index (χ2v) is 6.23. The predicted octanol–water partition coefficient (Wildman–Crippen LogP) is 3.88. The number of ether oxygens (including phenoxy) is 1. The first-order valence-corrected chi connectivity index (χ1v) is 8.64. The largest absolute Gasteiger partial charge is 0.494 e. The van der Waals surface area contributed by atoms with Gasteiger partial charge in [0.1, 0.15) is 0 Å². The highest BCUT2D eigenvalue weighted by Crippen LogP contribution is 2.21. The maximum atomic E-state index is 13.8. The van der Waals surface area contributed by atoms with Gasteiger partial charge in [-0.25, -0.2) is 14.1 Å². The van der Waals surface area contributed by atoms with Crippen molar-refractivity contribution in [3.63, 3.8) is 0 Å². The van der Waals surface area contributed by atoms with Gasteiger partial charge in [0.15, 0.2) is 17.2 Å². The molecule has 0 aliphatic carbocycles. The van der Waals surface area contributed by atoms with Crippen LogP contribution in [-0.4, -0.2) is 27.8 Å². The zero-order chi connectivity index (χ0) is 19.5. The first kappa shape index (κ1) is 17.7. The molecule has 28 heavy (non-hydrogen) atoms. The van der Waals surface area contributed by atoms with Crippen LogP contribution >= 0.6 is 0 Å². The zero-order valence-corrected chi connectivity index (χ0v) is 15.1. The summed E-state index contributed by atoms with van der Waals surface area (Å²) in [6.07, 6.45) is 3.16. The van der Waals surface area contributed by atoms with Crippen LogP contribution < -0.4 is 10.1 Å². The molecule has 0 radical (unpaired) electrons. The molecule has 0 atom stereocenters. The summed E-state index contributed by atoms with van der Waals surface area (Å²) in [4.78, 5) is 16.9. The van der Waals surface area contributed by atoms with Gasteiger partial charge in [0.25, 0.3) is 5.91 Å². The van der Waals surface area contributed by atoms with Gasteiger partial charge in [-0.3, -0.25) is 4.79 Å². The van der Waals surface area contributed by atoms with E-state index < -0.39 is 5.82 Å². The summed E-state index contributed by atoms with van der Waals surface area (Å²) in [7, 11) is 1.38. The fourth-order valence-corrected chi connectivity index (χ4v) is 2.92. The lowest BCUT2D eigenvalue weighted by Gasteiger charge is -2.08. The number of methoxy groups -OCH3 is 1. The maximum Gasteiger partial charge on any atom is 0.257 e. The number of hydrogen-bond acceptors (Lipinski definition) is 4. The van der Waals surface area contributed by atoms with Crippen LogP contribution in [0.25, 0.3) is 11.0 Å². The molecule has 140 valence electrons. The highest BCUT2D eigenvalue weighted by molar-refractivity contribution is 6.05. The van der Waals surface area contributed by atoms with Crippen LogP contribution in [-0.2, 0) is 6.54 Å². The quantitative estimate of drug-likeness (QED) is 0.574. The average molecular weight is 376 g/mol. The standard InChI is InChI=1S/C21H17FN4O2/c1-28-19-8-7-17(10-18(19)22)25-21(27)16-9-15-12-24-26(20(15)23-11-16)13-14-5-3-2-4-6-14/h2-12H,13H2,1H3,(H,25,27). The molecule has 0 spiro atoms. The second kappa shape index (κ2) is 7.48. The number of nitrogens with zero attached hydrogens (tertiary/aromatic N) is 3. The van der Waals surface area contributed by atoms with Gasteiger partial charge in [0.2, 0.25) is 0 Å². The van der Waals surface area contributed by atoms with Crippen molar-refractivity contribution in [2.45, 2.75) is 6.54 Å². The van der Waals surface area contributed by atoms with Gasteiger partial charge >= 0.3 is 0 Å². The Kier molecular flexibility index (Phi) is 4.72. The van der Waals surface area contributed by atoms with E-state index in [1.165, 1.54) is 25.4 Å². The number of carbonyl (C=O) groups is 1. The molecule has 0 saturated heterocycles. The van der Waals surface area contributed by atoms with E-state index in [2.05, 4.69) is 15.4 Å². The molecule has 2 aromatic heterocycles. The van der Waals surface area contributed by atoms with Crippen molar-refractivity contribution in [3.05, 3.63) is 83.9 Å². The minimum Gasteiger partial charge on any atom is -0.494 e. The van der Waals surface area contributed by atoms with Gasteiger partial charge in [0.05, 0.1) is 25.4 Å². The Hall–Kier alpha value is -3.74. The minimum absolute atomic E-state index is 0.118. The summed E-state index contributed by atoms with van der Waals surface area (Å²) >= 11 is 0. The van der Waals surface area contributed by atoms with Crippen molar-refractivity contribution in [2.75, 3.05) is 12.4 Å². The molecule has 7 heteroatoms. The Bertz CT molecular complexity index is 1140. The third-order valence-corrected chi connectivity index (χ3v) is 4.32. The van der Waals surface area contributed by atoms with E-state index in [9.17, 15) is 9.18 Å². The highest BCUT2D eigenvalue weighted by atomic mass is 19.1. The Labute approximate surface area is 160 Å². The summed E-state index contributed by atoms with van der Waals surface area (Å²) in [5.74, 6) is -0.808. The van der Waals surface area contributed by atoms with Gasteiger partial charge in [-0.05, 0) is 23.8 Å². The number of halogens is 1. The zero-order valence-electron chi connectivity index (χ0n) is 15.1. The molecule has 1 N–H and O–H groups in total. The van der Waals surface area contributed by atoms with Crippen LogP contribution in [0.1, 0.15) is 15.9 Å². The number of rotatable bonds is 5. The summed E-state index contributed by atoms with van der Waals surface area (Å²) in [5.41, 5.74) is 2.50. The fraction of sp³-hybridized carbons (Fsp3) is 0.0952. The van der Waals surface area contributed by atoms with Crippen LogP contribution in [0.4, 0.5) is 10.1 Å². The molecule has 1 amide bonds. The van der Waals surface area contributed by atoms with E-state index in [1.807, 2.05) is 30.3 Å². The summed E-state index contributed by atoms with van der Waals surface area (Å²) < 4.78 is 20.5. The van der Waals surface area contributed by atoms with Crippen molar-refractivity contribution in [2.24, 2.45) is 0 Å². The van der Waals surface area contributed by atoms with E-state index in [4.69, 9.17) is 4.74 Å². The lowest BCUT2D eigenvalue weighted by atomic mass is 10.2. The predicted molar refractivity (Wildman–Crippen MR) is 104 cm³/mol. The lowest BCUT2D eigenvalue weighted by Crippen LogP contribution is -2.12. The monoisotopic (exact) mass is 376 g/mol. The molecular formula is C21H17FN4O2. The molecule has 0 unspecified atom stereocenters. The summed E-state index contributed by atoms with van der Waals surface area (Å²) in [6, 6.07) is 15.9. The Morgan fingerprint density at radius 1 is 1.14 bits per heavy atom. The lowest BCUT2D eigenvalue weighted by molar-refractivity contribution is 0.102. The maximum absolute atomic E-state index is 13.8. The van der Waals surface area contributed by atoms with Gasteiger partial charge in [-0.15, -0.1) is 0 Å². The van der Waals surface area contributed by atoms with E-state index in [0.29, 0.717) is 23.4 Å². The normalized spacial score (nSPS) is 10.8. The van der Waals surface area contributed by atoms with Crippen LogP contribution in [0.2, 0.25) is 0 Å². The van der Waals surface area contributed by atoms with Crippen LogP contribution in [0.5, 0.6) is 5.75 Å². The molecule has 4 aromatic rings. The van der Waals surface area contributed by atoms with Crippen LogP contribution in [0, 0.1) is 5.82 Å². The number of carbonyl (C=O) groups excluding carboxylic acids is 1. The van der Waals surface area contributed by atoms with Crippen molar-refractivity contribution < 1.29 is 13.9 Å². The molecule has 4 rings (SSSR count).